The first kappa shape index (κ1) is 20.4. The molecule has 2 N–H and O–H groups in total. The van der Waals surface area contributed by atoms with Crippen LogP contribution in [0.15, 0.2) is 47.3 Å². The van der Waals surface area contributed by atoms with Crippen LogP contribution in [-0.2, 0) is 11.2 Å². The van der Waals surface area contributed by atoms with Gasteiger partial charge in [-0.1, -0.05) is 12.1 Å². The fraction of sp³-hybridized carbons (Fsp3) is 0.318. The summed E-state index contributed by atoms with van der Waals surface area (Å²) in [6, 6.07) is 12.5. The van der Waals surface area contributed by atoms with E-state index in [1.54, 1.807) is 20.3 Å². The van der Waals surface area contributed by atoms with Crippen LogP contribution in [0.4, 0.5) is 0 Å². The number of fused-ring (bicyclic) bond motifs is 1. The number of benzene rings is 2. The number of aryl methyl sites for hydroxylation is 1. The molecule has 0 aliphatic rings. The van der Waals surface area contributed by atoms with Gasteiger partial charge in [-0.3, -0.25) is 9.59 Å². The molecule has 1 heterocycles. The maximum absolute atomic E-state index is 12.4. The number of H-pyrrole nitrogens is 1. The van der Waals surface area contributed by atoms with Crippen LogP contribution in [0.5, 0.6) is 11.5 Å². The van der Waals surface area contributed by atoms with Crippen LogP contribution in [0.3, 0.4) is 0 Å². The van der Waals surface area contributed by atoms with Gasteiger partial charge in [0.05, 0.1) is 31.2 Å². The number of para-hydroxylation sites is 1. The lowest BCUT2D eigenvalue weighted by atomic mass is 10.1. The summed E-state index contributed by atoms with van der Waals surface area (Å²) in [5.74, 6) is 1.90. The van der Waals surface area contributed by atoms with Crippen molar-refractivity contribution in [3.8, 4) is 11.5 Å². The minimum absolute atomic E-state index is 0.0782. The fourth-order valence-electron chi connectivity index (χ4n) is 3.24. The lowest BCUT2D eigenvalue weighted by Gasteiger charge is -2.18. The Morgan fingerprint density at radius 1 is 1.17 bits per heavy atom. The number of carbonyl (C=O) groups is 1. The Morgan fingerprint density at radius 3 is 2.72 bits per heavy atom. The third-order valence-electron chi connectivity index (χ3n) is 4.76. The molecule has 2 aromatic carbocycles. The molecule has 1 unspecified atom stereocenters. The molecule has 0 aliphatic heterocycles. The van der Waals surface area contributed by atoms with E-state index in [1.807, 2.05) is 43.3 Å². The maximum atomic E-state index is 12.4. The molecule has 0 fully saturated rings. The first-order chi connectivity index (χ1) is 14.0. The SMILES string of the molecule is COc1ccc(OC)c(C(C)NC(=O)CCCc2nc3ccccc3c(=O)[nH]2)c1. The van der Waals surface area contributed by atoms with Gasteiger partial charge in [-0.15, -0.1) is 0 Å². The Morgan fingerprint density at radius 2 is 1.97 bits per heavy atom. The number of aromatic nitrogens is 2. The highest BCUT2D eigenvalue weighted by Crippen LogP contribution is 2.29. The monoisotopic (exact) mass is 395 g/mol. The van der Waals surface area contributed by atoms with E-state index >= 15 is 0 Å². The molecule has 0 saturated heterocycles. The quantitative estimate of drug-likeness (QED) is 0.611. The van der Waals surface area contributed by atoms with Crippen molar-refractivity contribution in [2.45, 2.75) is 32.2 Å². The Bertz CT molecular complexity index is 1060. The molecule has 0 spiro atoms. The van der Waals surface area contributed by atoms with Crippen LogP contribution in [0.2, 0.25) is 0 Å². The Hall–Kier alpha value is -3.35. The topological polar surface area (TPSA) is 93.3 Å². The molecular formula is C22H25N3O4. The number of methoxy groups -OCH3 is 2. The van der Waals surface area contributed by atoms with E-state index in [9.17, 15) is 9.59 Å². The van der Waals surface area contributed by atoms with E-state index in [0.717, 1.165) is 5.56 Å². The standard InChI is InChI=1S/C22H25N3O4/c1-14(17-13-15(28-2)11-12-19(17)29-3)23-21(26)10-6-9-20-24-18-8-5-4-7-16(18)22(27)25-20/h4-5,7-8,11-14H,6,9-10H2,1-3H3,(H,23,26)(H,24,25,27). The van der Waals surface area contributed by atoms with E-state index in [2.05, 4.69) is 15.3 Å². The molecule has 7 nitrogen and oxygen atoms in total. The van der Waals surface area contributed by atoms with Crippen molar-refractivity contribution in [3.05, 3.63) is 64.2 Å². The number of hydrogen-bond donors (Lipinski definition) is 2. The van der Waals surface area contributed by atoms with Crippen molar-refractivity contribution in [1.82, 2.24) is 15.3 Å². The number of aromatic amines is 1. The second kappa shape index (κ2) is 9.23. The van der Waals surface area contributed by atoms with Gasteiger partial charge in [0, 0.05) is 18.4 Å². The van der Waals surface area contributed by atoms with Crippen LogP contribution in [0.1, 0.15) is 37.2 Å². The lowest BCUT2D eigenvalue weighted by molar-refractivity contribution is -0.121. The van der Waals surface area contributed by atoms with E-state index in [4.69, 9.17) is 9.47 Å². The highest BCUT2D eigenvalue weighted by Gasteiger charge is 2.15. The number of hydrogen-bond acceptors (Lipinski definition) is 5. The minimum Gasteiger partial charge on any atom is -0.497 e. The third-order valence-corrected chi connectivity index (χ3v) is 4.76. The second-order valence-electron chi connectivity index (χ2n) is 6.78. The molecule has 152 valence electrons. The minimum atomic E-state index is -0.230. The van der Waals surface area contributed by atoms with Crippen LogP contribution >= 0.6 is 0 Å². The number of ether oxygens (including phenoxy) is 2. The lowest BCUT2D eigenvalue weighted by Crippen LogP contribution is -2.27. The number of amides is 1. The molecule has 0 aliphatic carbocycles. The van der Waals surface area contributed by atoms with Gasteiger partial charge >= 0.3 is 0 Å². The van der Waals surface area contributed by atoms with Gasteiger partial charge in [-0.25, -0.2) is 4.98 Å². The number of nitrogens with zero attached hydrogens (tertiary/aromatic N) is 1. The molecule has 0 saturated carbocycles. The Kier molecular flexibility index (Phi) is 6.49. The molecule has 1 amide bonds. The average Bonchev–Trinajstić information content (AvgIpc) is 2.73. The van der Waals surface area contributed by atoms with Crippen molar-refractivity contribution >= 4 is 16.8 Å². The Balaban J connectivity index is 1.58. The predicted octanol–water partition coefficient (Wildman–Crippen LogP) is 3.14. The molecule has 3 aromatic rings. The third kappa shape index (κ3) is 4.93. The molecule has 0 bridgehead atoms. The summed E-state index contributed by atoms with van der Waals surface area (Å²) in [6.45, 7) is 1.90. The fourth-order valence-corrected chi connectivity index (χ4v) is 3.24. The molecular weight excluding hydrogens is 370 g/mol. The van der Waals surface area contributed by atoms with Gasteiger partial charge in [0.1, 0.15) is 17.3 Å². The van der Waals surface area contributed by atoms with Gasteiger partial charge in [0.25, 0.3) is 5.56 Å². The highest BCUT2D eigenvalue weighted by atomic mass is 16.5. The molecule has 7 heteroatoms. The zero-order chi connectivity index (χ0) is 20.8. The molecule has 3 rings (SSSR count). The van der Waals surface area contributed by atoms with Crippen molar-refractivity contribution in [3.63, 3.8) is 0 Å². The van der Waals surface area contributed by atoms with Crippen molar-refractivity contribution < 1.29 is 14.3 Å². The number of carbonyl (C=O) groups excluding carboxylic acids is 1. The number of rotatable bonds is 8. The van der Waals surface area contributed by atoms with E-state index in [1.165, 1.54) is 0 Å². The average molecular weight is 395 g/mol. The summed E-state index contributed by atoms with van der Waals surface area (Å²) in [5.41, 5.74) is 1.35. The summed E-state index contributed by atoms with van der Waals surface area (Å²) in [5, 5.41) is 3.55. The van der Waals surface area contributed by atoms with E-state index in [-0.39, 0.29) is 17.5 Å². The second-order valence-corrected chi connectivity index (χ2v) is 6.78. The largest absolute Gasteiger partial charge is 0.497 e. The summed E-state index contributed by atoms with van der Waals surface area (Å²) in [4.78, 5) is 31.7. The highest BCUT2D eigenvalue weighted by molar-refractivity contribution is 5.77. The maximum Gasteiger partial charge on any atom is 0.258 e. The zero-order valence-electron chi connectivity index (χ0n) is 16.8. The van der Waals surface area contributed by atoms with Gasteiger partial charge in [0.15, 0.2) is 0 Å². The molecule has 0 radical (unpaired) electrons. The number of nitrogens with one attached hydrogen (secondary N) is 2. The van der Waals surface area contributed by atoms with Gasteiger partial charge in [-0.2, -0.15) is 0 Å². The van der Waals surface area contributed by atoms with Crippen LogP contribution in [0.25, 0.3) is 10.9 Å². The zero-order valence-corrected chi connectivity index (χ0v) is 16.8. The van der Waals surface area contributed by atoms with Gasteiger partial charge < -0.3 is 19.8 Å². The van der Waals surface area contributed by atoms with Crippen LogP contribution in [0, 0.1) is 0 Å². The smallest absolute Gasteiger partial charge is 0.258 e. The van der Waals surface area contributed by atoms with Crippen molar-refractivity contribution in [2.24, 2.45) is 0 Å². The predicted molar refractivity (Wildman–Crippen MR) is 111 cm³/mol. The van der Waals surface area contributed by atoms with Crippen molar-refractivity contribution in [1.29, 1.82) is 0 Å². The summed E-state index contributed by atoms with van der Waals surface area (Å²) < 4.78 is 10.6. The first-order valence-electron chi connectivity index (χ1n) is 9.51. The van der Waals surface area contributed by atoms with E-state index < -0.39 is 0 Å². The van der Waals surface area contributed by atoms with Gasteiger partial charge in [0.2, 0.25) is 5.91 Å². The van der Waals surface area contributed by atoms with Crippen LogP contribution < -0.4 is 20.3 Å². The Labute approximate surface area is 169 Å². The van der Waals surface area contributed by atoms with Crippen LogP contribution in [-0.4, -0.2) is 30.1 Å². The molecule has 1 atom stereocenters. The van der Waals surface area contributed by atoms with Gasteiger partial charge in [-0.05, 0) is 43.7 Å². The molecule has 29 heavy (non-hydrogen) atoms. The summed E-state index contributed by atoms with van der Waals surface area (Å²) >= 11 is 0. The first-order valence-corrected chi connectivity index (χ1v) is 9.51. The van der Waals surface area contributed by atoms with Crippen molar-refractivity contribution in [2.75, 3.05) is 14.2 Å². The molecule has 1 aromatic heterocycles. The summed E-state index contributed by atoms with van der Waals surface area (Å²) in [7, 11) is 3.19. The summed E-state index contributed by atoms with van der Waals surface area (Å²) in [6.07, 6.45) is 1.42. The normalized spacial score (nSPS) is 11.8. The van der Waals surface area contributed by atoms with E-state index in [0.29, 0.717) is 47.5 Å².